The maximum absolute atomic E-state index is 9.18. The van der Waals surface area contributed by atoms with Gasteiger partial charge in [0.1, 0.15) is 0 Å². The van der Waals surface area contributed by atoms with Gasteiger partial charge >= 0.3 is 0 Å². The van der Waals surface area contributed by atoms with Gasteiger partial charge in [0, 0.05) is 6.42 Å². The van der Waals surface area contributed by atoms with Crippen molar-refractivity contribution in [1.82, 2.24) is 0 Å². The minimum absolute atomic E-state index is 0.421. The minimum Gasteiger partial charge on any atom is -0.388 e. The fourth-order valence-corrected chi connectivity index (χ4v) is 0.954. The molecule has 0 aliphatic rings. The third-order valence-corrected chi connectivity index (χ3v) is 1.66. The van der Waals surface area contributed by atoms with E-state index in [2.05, 4.69) is 12.8 Å². The van der Waals surface area contributed by atoms with Gasteiger partial charge in [-0.25, -0.2) is 0 Å². The number of hydrogen-bond acceptors (Lipinski definition) is 1. The highest BCUT2D eigenvalue weighted by Gasteiger charge is 1.92. The first-order chi connectivity index (χ1) is 5.81. The summed E-state index contributed by atoms with van der Waals surface area (Å²) < 4.78 is 0. The van der Waals surface area contributed by atoms with E-state index < -0.39 is 6.10 Å². The smallest absolute Gasteiger partial charge is 0.0830 e. The van der Waals surface area contributed by atoms with Gasteiger partial charge in [0.15, 0.2) is 0 Å². The fourth-order valence-electron chi connectivity index (χ4n) is 0.954. The van der Waals surface area contributed by atoms with Crippen molar-refractivity contribution in [2.45, 2.75) is 45.1 Å². The van der Waals surface area contributed by atoms with Gasteiger partial charge in [-0.15, -0.1) is 12.3 Å². The van der Waals surface area contributed by atoms with E-state index in [1.165, 1.54) is 19.3 Å². The van der Waals surface area contributed by atoms with Gasteiger partial charge < -0.3 is 5.11 Å². The maximum Gasteiger partial charge on any atom is 0.0830 e. The highest BCUT2D eigenvalue weighted by molar-refractivity contribution is 4.96. The highest BCUT2D eigenvalue weighted by atomic mass is 16.3. The van der Waals surface area contributed by atoms with Crippen LogP contribution in [-0.4, -0.2) is 11.2 Å². The Balaban J connectivity index is 3.29. The van der Waals surface area contributed by atoms with E-state index in [4.69, 9.17) is 6.42 Å². The normalized spacial score (nSPS) is 13.1. The Kier molecular flexibility index (Phi) is 7.84. The number of terminal acetylenes is 1. The lowest BCUT2D eigenvalue weighted by Crippen LogP contribution is -1.98. The van der Waals surface area contributed by atoms with Crippen molar-refractivity contribution in [3.05, 3.63) is 12.2 Å². The largest absolute Gasteiger partial charge is 0.388 e. The Morgan fingerprint density at radius 1 is 1.50 bits per heavy atom. The highest BCUT2D eigenvalue weighted by Crippen LogP contribution is 2.01. The molecule has 0 radical (unpaired) electrons. The molecule has 1 heteroatoms. The van der Waals surface area contributed by atoms with Crippen LogP contribution in [0.3, 0.4) is 0 Å². The molecule has 0 aliphatic heterocycles. The monoisotopic (exact) mass is 166 g/mol. The molecule has 0 amide bonds. The third-order valence-electron chi connectivity index (χ3n) is 1.66. The predicted molar refractivity (Wildman–Crippen MR) is 52.7 cm³/mol. The van der Waals surface area contributed by atoms with Crippen LogP contribution in [0.2, 0.25) is 0 Å². The summed E-state index contributed by atoms with van der Waals surface area (Å²) in [6.45, 7) is 2.18. The molecule has 0 bridgehead atoms. The molecule has 1 N–H and O–H groups in total. The van der Waals surface area contributed by atoms with Gasteiger partial charge in [-0.2, -0.15) is 0 Å². The second-order valence-electron chi connectivity index (χ2n) is 2.90. The van der Waals surface area contributed by atoms with Crippen LogP contribution in [0.15, 0.2) is 12.2 Å². The molecule has 0 aromatic rings. The van der Waals surface area contributed by atoms with E-state index in [0.29, 0.717) is 6.42 Å². The van der Waals surface area contributed by atoms with Gasteiger partial charge in [0.05, 0.1) is 6.10 Å². The van der Waals surface area contributed by atoms with Gasteiger partial charge in [0.25, 0.3) is 0 Å². The quantitative estimate of drug-likeness (QED) is 0.365. The molecule has 1 nitrogen and oxygen atoms in total. The lowest BCUT2D eigenvalue weighted by Gasteiger charge is -1.98. The molecule has 0 rings (SSSR count). The van der Waals surface area contributed by atoms with Crippen molar-refractivity contribution in [3.8, 4) is 12.3 Å². The summed E-state index contributed by atoms with van der Waals surface area (Å²) in [5, 5.41) is 9.18. The molecular formula is C11H18O. The van der Waals surface area contributed by atoms with Gasteiger partial charge in [-0.3, -0.25) is 0 Å². The molecule has 0 spiro atoms. The van der Waals surface area contributed by atoms with E-state index in [9.17, 15) is 5.11 Å². The first-order valence-electron chi connectivity index (χ1n) is 4.59. The Hall–Kier alpha value is -0.740. The van der Waals surface area contributed by atoms with E-state index in [1.54, 1.807) is 6.08 Å². The Bertz CT molecular complexity index is 153. The van der Waals surface area contributed by atoms with Gasteiger partial charge in [-0.05, 0) is 12.8 Å². The Labute approximate surface area is 75.5 Å². The predicted octanol–water partition coefficient (Wildman–Crippen LogP) is 2.51. The van der Waals surface area contributed by atoms with Crippen LogP contribution in [0.1, 0.15) is 39.0 Å². The van der Waals surface area contributed by atoms with Gasteiger partial charge in [0.2, 0.25) is 0 Å². The number of aliphatic hydroxyl groups is 1. The molecule has 0 aromatic carbocycles. The SMILES string of the molecule is C#CCC(O)/C=C/CCCCC. The van der Waals surface area contributed by atoms with E-state index in [-0.39, 0.29) is 0 Å². The van der Waals surface area contributed by atoms with E-state index in [0.717, 1.165) is 6.42 Å². The first kappa shape index (κ1) is 11.3. The standard InChI is InChI=1S/C11H18O/c1-3-5-6-7-8-10-11(12)9-4-2/h2,8,10-12H,3,5-7,9H2,1H3/b10-8+. The second kappa shape index (κ2) is 8.36. The lowest BCUT2D eigenvalue weighted by atomic mass is 10.1. The molecule has 1 unspecified atom stereocenters. The van der Waals surface area contributed by atoms with Crippen LogP contribution in [0.4, 0.5) is 0 Å². The number of hydrogen-bond donors (Lipinski definition) is 1. The zero-order valence-corrected chi connectivity index (χ0v) is 7.79. The number of aliphatic hydroxyl groups excluding tert-OH is 1. The molecule has 0 heterocycles. The summed E-state index contributed by atoms with van der Waals surface area (Å²) in [4.78, 5) is 0. The van der Waals surface area contributed by atoms with Crippen LogP contribution in [0.25, 0.3) is 0 Å². The molecule has 0 saturated heterocycles. The Morgan fingerprint density at radius 3 is 2.83 bits per heavy atom. The topological polar surface area (TPSA) is 20.2 Å². The van der Waals surface area contributed by atoms with Crippen molar-refractivity contribution < 1.29 is 5.11 Å². The summed E-state index contributed by atoms with van der Waals surface area (Å²) >= 11 is 0. The zero-order valence-electron chi connectivity index (χ0n) is 7.79. The first-order valence-corrected chi connectivity index (χ1v) is 4.59. The zero-order chi connectivity index (χ0) is 9.23. The third kappa shape index (κ3) is 7.37. The van der Waals surface area contributed by atoms with Crippen LogP contribution in [0, 0.1) is 12.3 Å². The van der Waals surface area contributed by atoms with Crippen LogP contribution < -0.4 is 0 Å². The minimum atomic E-state index is -0.448. The Morgan fingerprint density at radius 2 is 2.25 bits per heavy atom. The molecule has 1 atom stereocenters. The number of allylic oxidation sites excluding steroid dienone is 1. The van der Waals surface area contributed by atoms with Crippen molar-refractivity contribution in [3.63, 3.8) is 0 Å². The second-order valence-corrected chi connectivity index (χ2v) is 2.90. The molecule has 0 aromatic heterocycles. The van der Waals surface area contributed by atoms with Crippen molar-refractivity contribution >= 4 is 0 Å². The van der Waals surface area contributed by atoms with Crippen LogP contribution >= 0.6 is 0 Å². The van der Waals surface area contributed by atoms with E-state index >= 15 is 0 Å². The maximum atomic E-state index is 9.18. The number of unbranched alkanes of at least 4 members (excludes halogenated alkanes) is 3. The van der Waals surface area contributed by atoms with E-state index in [1.807, 2.05) is 6.08 Å². The molecule has 68 valence electrons. The lowest BCUT2D eigenvalue weighted by molar-refractivity contribution is 0.229. The molecule has 12 heavy (non-hydrogen) atoms. The van der Waals surface area contributed by atoms with Crippen LogP contribution in [0.5, 0.6) is 0 Å². The van der Waals surface area contributed by atoms with Crippen LogP contribution in [-0.2, 0) is 0 Å². The summed E-state index contributed by atoms with van der Waals surface area (Å²) in [6.07, 6.45) is 13.6. The van der Waals surface area contributed by atoms with Crippen molar-refractivity contribution in [1.29, 1.82) is 0 Å². The van der Waals surface area contributed by atoms with Crippen molar-refractivity contribution in [2.24, 2.45) is 0 Å². The summed E-state index contributed by atoms with van der Waals surface area (Å²) in [5.41, 5.74) is 0. The fraction of sp³-hybridized carbons (Fsp3) is 0.636. The molecule has 0 saturated carbocycles. The summed E-state index contributed by atoms with van der Waals surface area (Å²) in [6, 6.07) is 0. The average molecular weight is 166 g/mol. The summed E-state index contributed by atoms with van der Waals surface area (Å²) in [5.74, 6) is 2.42. The average Bonchev–Trinajstić information content (AvgIpc) is 2.05. The molecule has 0 aliphatic carbocycles. The summed E-state index contributed by atoms with van der Waals surface area (Å²) in [7, 11) is 0. The van der Waals surface area contributed by atoms with Crippen molar-refractivity contribution in [2.75, 3.05) is 0 Å². The number of rotatable bonds is 6. The molecular weight excluding hydrogens is 148 g/mol. The molecule has 0 fully saturated rings. The van der Waals surface area contributed by atoms with Gasteiger partial charge in [-0.1, -0.05) is 31.9 Å².